The van der Waals surface area contributed by atoms with Gasteiger partial charge in [-0.3, -0.25) is 9.78 Å². The third-order valence-corrected chi connectivity index (χ3v) is 1.94. The van der Waals surface area contributed by atoms with Crippen molar-refractivity contribution in [1.29, 1.82) is 0 Å². The smallest absolute Gasteiger partial charge is 0.435 e. The molecule has 0 unspecified atom stereocenters. The van der Waals surface area contributed by atoms with E-state index in [4.69, 9.17) is 4.74 Å². The van der Waals surface area contributed by atoms with E-state index in [1.165, 1.54) is 18.7 Å². The number of nitrogens with zero attached hydrogens (tertiary/aromatic N) is 2. The van der Waals surface area contributed by atoms with Crippen LogP contribution in [0, 0.1) is 0 Å². The van der Waals surface area contributed by atoms with Crippen LogP contribution in [-0.4, -0.2) is 22.2 Å². The Morgan fingerprint density at radius 2 is 1.78 bits per heavy atom. The minimum atomic E-state index is -0.734. The molecule has 0 amide bonds. The van der Waals surface area contributed by atoms with Gasteiger partial charge in [0, 0.05) is 24.4 Å². The van der Waals surface area contributed by atoms with Crippen LogP contribution in [0.15, 0.2) is 42.7 Å². The Bertz CT molecular complexity index is 546. The normalized spacial score (nSPS) is 9.11. The summed E-state index contributed by atoms with van der Waals surface area (Å²) < 4.78 is 5.02. The predicted molar refractivity (Wildman–Crippen MR) is 58.2 cm³/mol. The van der Waals surface area contributed by atoms with Crippen molar-refractivity contribution < 1.29 is 43.9 Å². The fraction of sp³-hybridized carbons (Fsp3) is 0. The fourth-order valence-corrected chi connectivity index (χ4v) is 1.21. The Balaban J connectivity index is 0.00000162. The average molecular weight is 250 g/mol. The molecule has 0 fully saturated rings. The van der Waals surface area contributed by atoms with Gasteiger partial charge in [0.05, 0.1) is 0 Å². The average Bonchev–Trinajstić information content (AvgIpc) is 2.40. The number of carbonyl (C=O) groups is 1. The van der Waals surface area contributed by atoms with E-state index in [0.29, 0.717) is 5.75 Å². The first kappa shape index (κ1) is 14.5. The summed E-state index contributed by atoms with van der Waals surface area (Å²) in [6.45, 7) is 0. The molecule has 0 aliphatic carbocycles. The number of rotatable bonds is 3. The van der Waals surface area contributed by atoms with Crippen molar-refractivity contribution in [2.24, 2.45) is 0 Å². The van der Waals surface area contributed by atoms with Crippen molar-refractivity contribution in [2.45, 2.75) is 0 Å². The predicted octanol–water partition coefficient (Wildman–Crippen LogP) is -1.84. The van der Waals surface area contributed by atoms with Crippen LogP contribution in [0.4, 0.5) is 0 Å². The summed E-state index contributed by atoms with van der Waals surface area (Å²) in [6.07, 6.45) is 4.15. The second kappa shape index (κ2) is 7.00. The summed E-state index contributed by atoms with van der Waals surface area (Å²) in [5.74, 6) is -0.359. The largest absolute Gasteiger partial charge is 1.00 e. The van der Waals surface area contributed by atoms with E-state index >= 15 is 0 Å². The van der Waals surface area contributed by atoms with Crippen molar-refractivity contribution in [3.63, 3.8) is 0 Å². The second-order valence-corrected chi connectivity index (χ2v) is 3.06. The molecule has 0 aliphatic rings. The number of hydrogen-bond donors (Lipinski definition) is 0. The third kappa shape index (κ3) is 3.46. The summed E-state index contributed by atoms with van der Waals surface area (Å²) in [6, 6.07) is 8.50. The van der Waals surface area contributed by atoms with E-state index in [2.05, 4.69) is 9.97 Å². The molecule has 84 valence electrons. The first-order valence-corrected chi connectivity index (χ1v) is 4.77. The van der Waals surface area contributed by atoms with E-state index in [-0.39, 0.29) is 40.9 Å². The molecule has 2 aromatic rings. The van der Waals surface area contributed by atoms with Gasteiger partial charge in [-0.2, -0.15) is 0 Å². The zero-order valence-corrected chi connectivity index (χ0v) is 11.7. The Hall–Kier alpha value is -1.56. The molecule has 0 N–H and O–H groups in total. The molecule has 6 heteroatoms. The van der Waals surface area contributed by atoms with E-state index in [1.807, 2.05) is 0 Å². The molecular formula is C12H7N2NaO3. The number of ether oxygens (including phenoxy) is 1. The number of para-hydroxylation sites is 1. The van der Waals surface area contributed by atoms with Crippen LogP contribution < -0.4 is 34.3 Å². The van der Waals surface area contributed by atoms with Crippen LogP contribution in [0.2, 0.25) is 0 Å². The zero-order valence-electron chi connectivity index (χ0n) is 9.66. The maximum Gasteiger partial charge on any atom is 1.00 e. The van der Waals surface area contributed by atoms with Gasteiger partial charge in [0.1, 0.15) is 5.75 Å². The number of esters is 1. The number of carbonyl (C=O) groups excluding carboxylic acids is 2. The Morgan fingerprint density at radius 1 is 1.11 bits per heavy atom. The third-order valence-electron chi connectivity index (χ3n) is 1.94. The summed E-state index contributed by atoms with van der Waals surface area (Å²) >= 11 is 0. The van der Waals surface area contributed by atoms with Gasteiger partial charge < -0.3 is 14.5 Å². The first-order chi connectivity index (χ1) is 8.31. The minimum Gasteiger partial charge on any atom is -0.435 e. The van der Waals surface area contributed by atoms with E-state index < -0.39 is 5.97 Å². The molecule has 0 spiro atoms. The van der Waals surface area contributed by atoms with Gasteiger partial charge in [0.2, 0.25) is 0 Å². The van der Waals surface area contributed by atoms with E-state index in [9.17, 15) is 9.59 Å². The summed E-state index contributed by atoms with van der Waals surface area (Å²) in [5.41, 5.74) is -0.306. The maximum absolute atomic E-state index is 11.7. The molecule has 1 aromatic heterocycles. The fourth-order valence-electron chi connectivity index (χ4n) is 1.21. The SMILES string of the molecule is O=[C-]c1nccnc1C(=O)Oc1ccccc1.[Na+]. The Kier molecular flexibility index (Phi) is 5.64. The van der Waals surface area contributed by atoms with Gasteiger partial charge in [0.25, 0.3) is 5.97 Å². The van der Waals surface area contributed by atoms with Crippen molar-refractivity contribution in [2.75, 3.05) is 0 Å². The van der Waals surface area contributed by atoms with Crippen LogP contribution in [0.25, 0.3) is 0 Å². The maximum atomic E-state index is 11.7. The Labute approximate surface area is 126 Å². The molecule has 0 radical (unpaired) electrons. The van der Waals surface area contributed by atoms with Crippen molar-refractivity contribution in [1.82, 2.24) is 9.97 Å². The monoisotopic (exact) mass is 250 g/mol. The van der Waals surface area contributed by atoms with Gasteiger partial charge in [-0.15, -0.1) is 0 Å². The number of hydrogen-bond acceptors (Lipinski definition) is 5. The van der Waals surface area contributed by atoms with Gasteiger partial charge in [-0.25, -0.2) is 0 Å². The standard InChI is InChI=1S/C12H7N2O3.Na/c15-8-10-11(14-7-6-13-10)12(16)17-9-4-2-1-3-5-9;/h1-7H;/q-1;+1. The van der Waals surface area contributed by atoms with Crippen molar-refractivity contribution in [3.8, 4) is 5.75 Å². The van der Waals surface area contributed by atoms with Gasteiger partial charge in [-0.1, -0.05) is 18.2 Å². The van der Waals surface area contributed by atoms with Crippen LogP contribution in [0.1, 0.15) is 16.2 Å². The Morgan fingerprint density at radius 3 is 2.44 bits per heavy atom. The van der Waals surface area contributed by atoms with Gasteiger partial charge in [-0.05, 0) is 17.8 Å². The topological polar surface area (TPSA) is 69.2 Å². The van der Waals surface area contributed by atoms with Crippen molar-refractivity contribution >= 4 is 12.3 Å². The molecule has 1 aromatic carbocycles. The summed E-state index contributed by atoms with van der Waals surface area (Å²) in [7, 11) is 0. The number of benzene rings is 1. The molecule has 0 atom stereocenters. The van der Waals surface area contributed by atoms with Crippen LogP contribution >= 0.6 is 0 Å². The van der Waals surface area contributed by atoms with Crippen LogP contribution in [-0.2, 0) is 4.79 Å². The van der Waals surface area contributed by atoms with E-state index in [1.54, 1.807) is 30.3 Å². The summed E-state index contributed by atoms with van der Waals surface area (Å²) in [5, 5.41) is 0. The molecule has 0 saturated heterocycles. The molecule has 1 heterocycles. The molecule has 0 saturated carbocycles. The van der Waals surface area contributed by atoms with Crippen LogP contribution in [0.3, 0.4) is 0 Å². The number of aromatic nitrogens is 2. The zero-order chi connectivity index (χ0) is 12.1. The van der Waals surface area contributed by atoms with Gasteiger partial charge >= 0.3 is 29.6 Å². The molecule has 0 bridgehead atoms. The summed E-state index contributed by atoms with van der Waals surface area (Å²) in [4.78, 5) is 29.7. The molecule has 2 rings (SSSR count). The van der Waals surface area contributed by atoms with Crippen LogP contribution in [0.5, 0.6) is 5.75 Å². The molecule has 18 heavy (non-hydrogen) atoms. The van der Waals surface area contributed by atoms with Crippen molar-refractivity contribution in [3.05, 3.63) is 54.1 Å². The first-order valence-electron chi connectivity index (χ1n) is 4.77. The molecule has 0 aliphatic heterocycles. The second-order valence-electron chi connectivity index (χ2n) is 3.06. The van der Waals surface area contributed by atoms with E-state index in [0.717, 1.165) is 0 Å². The molecule has 5 nitrogen and oxygen atoms in total. The minimum absolute atomic E-state index is 0. The quantitative estimate of drug-likeness (QED) is 0.277. The molecular weight excluding hydrogens is 243 g/mol. The van der Waals surface area contributed by atoms with Gasteiger partial charge in [0.15, 0.2) is 0 Å².